The Morgan fingerprint density at radius 3 is 3.11 bits per heavy atom. The van der Waals surface area contributed by atoms with Gasteiger partial charge in [-0.05, 0) is 12.8 Å². The molecule has 0 amide bonds. The molecule has 7 nitrogen and oxygen atoms in total. The monoisotopic (exact) mass is 251 g/mol. The Bertz CT molecular complexity index is 589. The zero-order valence-corrected chi connectivity index (χ0v) is 10.7. The van der Waals surface area contributed by atoms with Crippen molar-refractivity contribution in [3.63, 3.8) is 0 Å². The van der Waals surface area contributed by atoms with E-state index in [1.807, 2.05) is 0 Å². The summed E-state index contributed by atoms with van der Waals surface area (Å²) < 4.78 is 6.50. The summed E-state index contributed by atoms with van der Waals surface area (Å²) in [6.07, 6.45) is 0. The summed E-state index contributed by atoms with van der Waals surface area (Å²) in [5.41, 5.74) is 0.295. The van der Waals surface area contributed by atoms with Crippen LogP contribution in [0.1, 0.15) is 12.7 Å². The van der Waals surface area contributed by atoms with E-state index < -0.39 is 0 Å². The Balaban J connectivity index is 2.17. The van der Waals surface area contributed by atoms with Crippen molar-refractivity contribution in [2.45, 2.75) is 13.8 Å². The fraction of sp³-hybridized carbons (Fsp3) is 0.545. The standard InChI is InChI=1S/C11H17N5O2/c1-7(6-18-3)5-12-9-4-10-14-15-11(17)16(10)8(2)13-9/h4,7,12H,5-6H2,1-3H3,(H,15,17). The fourth-order valence-electron chi connectivity index (χ4n) is 1.81. The summed E-state index contributed by atoms with van der Waals surface area (Å²) in [4.78, 5) is 15.7. The van der Waals surface area contributed by atoms with Crippen LogP contribution >= 0.6 is 0 Å². The maximum Gasteiger partial charge on any atom is 0.349 e. The molecule has 7 heteroatoms. The molecule has 0 saturated heterocycles. The number of nitrogens with one attached hydrogen (secondary N) is 2. The van der Waals surface area contributed by atoms with Gasteiger partial charge in [0.25, 0.3) is 0 Å². The summed E-state index contributed by atoms with van der Waals surface area (Å²) in [6, 6.07) is 1.74. The van der Waals surface area contributed by atoms with Gasteiger partial charge < -0.3 is 10.1 Å². The van der Waals surface area contributed by atoms with Gasteiger partial charge in [-0.1, -0.05) is 6.92 Å². The highest BCUT2D eigenvalue weighted by Crippen LogP contribution is 2.08. The smallest absolute Gasteiger partial charge is 0.349 e. The third kappa shape index (κ3) is 2.51. The van der Waals surface area contributed by atoms with E-state index in [1.54, 1.807) is 20.1 Å². The summed E-state index contributed by atoms with van der Waals surface area (Å²) in [6.45, 7) is 5.30. The van der Waals surface area contributed by atoms with E-state index in [0.29, 0.717) is 29.8 Å². The van der Waals surface area contributed by atoms with Crippen molar-refractivity contribution in [1.82, 2.24) is 19.6 Å². The molecule has 2 rings (SSSR count). The molecule has 0 bridgehead atoms. The molecule has 2 aromatic rings. The first-order valence-electron chi connectivity index (χ1n) is 5.79. The Hall–Kier alpha value is -1.89. The number of ether oxygens (including phenoxy) is 1. The topological polar surface area (TPSA) is 84.3 Å². The van der Waals surface area contributed by atoms with Crippen molar-refractivity contribution in [2.24, 2.45) is 5.92 Å². The quantitative estimate of drug-likeness (QED) is 0.804. The van der Waals surface area contributed by atoms with Gasteiger partial charge in [-0.2, -0.15) is 5.10 Å². The van der Waals surface area contributed by atoms with Crippen molar-refractivity contribution in [3.05, 3.63) is 22.4 Å². The lowest BCUT2D eigenvalue weighted by Crippen LogP contribution is -2.18. The molecule has 0 spiro atoms. The van der Waals surface area contributed by atoms with Crippen LogP contribution in [0.3, 0.4) is 0 Å². The van der Waals surface area contributed by atoms with Crippen molar-refractivity contribution in [2.75, 3.05) is 25.6 Å². The first kappa shape index (κ1) is 12.6. The highest BCUT2D eigenvalue weighted by atomic mass is 16.5. The highest BCUT2D eigenvalue weighted by molar-refractivity contribution is 5.49. The predicted molar refractivity (Wildman–Crippen MR) is 67.9 cm³/mol. The lowest BCUT2D eigenvalue weighted by molar-refractivity contribution is 0.164. The van der Waals surface area contributed by atoms with Crippen LogP contribution in [0.15, 0.2) is 10.9 Å². The lowest BCUT2D eigenvalue weighted by atomic mass is 10.2. The molecule has 0 saturated carbocycles. The van der Waals surface area contributed by atoms with E-state index >= 15 is 0 Å². The van der Waals surface area contributed by atoms with Crippen LogP contribution < -0.4 is 11.0 Å². The number of aromatic amines is 1. The van der Waals surface area contributed by atoms with Gasteiger partial charge in [0.2, 0.25) is 0 Å². The predicted octanol–water partition coefficient (Wildman–Crippen LogP) is 0.420. The van der Waals surface area contributed by atoms with Gasteiger partial charge in [-0.3, -0.25) is 0 Å². The average molecular weight is 251 g/mol. The van der Waals surface area contributed by atoms with Crippen LogP contribution in [0.5, 0.6) is 0 Å². The Kier molecular flexibility index (Phi) is 3.61. The lowest BCUT2D eigenvalue weighted by Gasteiger charge is -2.12. The Morgan fingerprint density at radius 2 is 2.39 bits per heavy atom. The first-order valence-corrected chi connectivity index (χ1v) is 5.79. The van der Waals surface area contributed by atoms with Crippen LogP contribution in [0.25, 0.3) is 5.65 Å². The number of aromatic nitrogens is 4. The van der Waals surface area contributed by atoms with Gasteiger partial charge in [-0.25, -0.2) is 19.3 Å². The molecule has 0 aliphatic rings. The molecule has 98 valence electrons. The summed E-state index contributed by atoms with van der Waals surface area (Å²) in [5.74, 6) is 1.70. The van der Waals surface area contributed by atoms with Gasteiger partial charge in [-0.15, -0.1) is 0 Å². The maximum absolute atomic E-state index is 11.4. The van der Waals surface area contributed by atoms with E-state index in [4.69, 9.17) is 4.74 Å². The number of H-pyrrole nitrogens is 1. The van der Waals surface area contributed by atoms with Gasteiger partial charge in [0.15, 0.2) is 5.65 Å². The molecule has 1 atom stereocenters. The van der Waals surface area contributed by atoms with E-state index in [9.17, 15) is 4.79 Å². The molecule has 1 unspecified atom stereocenters. The molecule has 18 heavy (non-hydrogen) atoms. The molecule has 0 aromatic carbocycles. The minimum Gasteiger partial charge on any atom is -0.384 e. The van der Waals surface area contributed by atoms with Crippen molar-refractivity contribution < 1.29 is 4.74 Å². The van der Waals surface area contributed by atoms with Crippen molar-refractivity contribution >= 4 is 11.5 Å². The van der Waals surface area contributed by atoms with Crippen LogP contribution in [0, 0.1) is 12.8 Å². The Morgan fingerprint density at radius 1 is 1.61 bits per heavy atom. The second-order valence-corrected chi connectivity index (χ2v) is 4.35. The number of rotatable bonds is 5. The normalized spacial score (nSPS) is 12.8. The van der Waals surface area contributed by atoms with E-state index in [1.165, 1.54) is 4.40 Å². The minimum atomic E-state index is -0.269. The van der Waals surface area contributed by atoms with E-state index in [-0.39, 0.29) is 5.69 Å². The average Bonchev–Trinajstić information content (AvgIpc) is 2.69. The number of anilines is 1. The van der Waals surface area contributed by atoms with Gasteiger partial charge in [0, 0.05) is 19.7 Å². The number of fused-ring (bicyclic) bond motifs is 1. The third-order valence-corrected chi connectivity index (χ3v) is 2.65. The van der Waals surface area contributed by atoms with E-state index in [0.717, 1.165) is 6.54 Å². The SMILES string of the molecule is COCC(C)CNc1cc2n[nH]c(=O)n2c(C)n1. The van der Waals surface area contributed by atoms with E-state index in [2.05, 4.69) is 27.4 Å². The maximum atomic E-state index is 11.4. The van der Waals surface area contributed by atoms with Gasteiger partial charge >= 0.3 is 5.69 Å². The number of hydrogen-bond donors (Lipinski definition) is 2. The fourth-order valence-corrected chi connectivity index (χ4v) is 1.81. The second kappa shape index (κ2) is 5.18. The van der Waals surface area contributed by atoms with Gasteiger partial charge in [0.1, 0.15) is 11.6 Å². The zero-order chi connectivity index (χ0) is 13.1. The largest absolute Gasteiger partial charge is 0.384 e. The summed E-state index contributed by atoms with van der Waals surface area (Å²) in [7, 11) is 1.68. The highest BCUT2D eigenvalue weighted by Gasteiger charge is 2.07. The molecule has 0 aliphatic carbocycles. The number of hydrogen-bond acceptors (Lipinski definition) is 5. The van der Waals surface area contributed by atoms with Crippen LogP contribution in [-0.4, -0.2) is 39.8 Å². The first-order chi connectivity index (χ1) is 8.61. The third-order valence-electron chi connectivity index (χ3n) is 2.65. The minimum absolute atomic E-state index is 0.269. The molecular weight excluding hydrogens is 234 g/mol. The van der Waals surface area contributed by atoms with Crippen molar-refractivity contribution in [1.29, 1.82) is 0 Å². The molecule has 0 aliphatic heterocycles. The van der Waals surface area contributed by atoms with Crippen LogP contribution in [-0.2, 0) is 4.74 Å². The number of nitrogens with zero attached hydrogens (tertiary/aromatic N) is 3. The molecule has 0 fully saturated rings. The number of aryl methyl sites for hydroxylation is 1. The van der Waals surface area contributed by atoms with Crippen molar-refractivity contribution in [3.8, 4) is 0 Å². The molecule has 0 radical (unpaired) electrons. The molecule has 2 aromatic heterocycles. The van der Waals surface area contributed by atoms with Crippen LogP contribution in [0.4, 0.5) is 5.82 Å². The molecular formula is C11H17N5O2. The Labute approximate surface area is 104 Å². The van der Waals surface area contributed by atoms with Crippen LogP contribution in [0.2, 0.25) is 0 Å². The second-order valence-electron chi connectivity index (χ2n) is 4.35. The zero-order valence-electron chi connectivity index (χ0n) is 10.7. The van der Waals surface area contributed by atoms with Gasteiger partial charge in [0.05, 0.1) is 6.61 Å². The summed E-state index contributed by atoms with van der Waals surface area (Å²) >= 11 is 0. The number of methoxy groups -OCH3 is 1. The molecule has 2 N–H and O–H groups in total. The molecule has 2 heterocycles. The summed E-state index contributed by atoms with van der Waals surface area (Å²) in [5, 5.41) is 9.53.